The molecule has 2 rings (SSSR count). The van der Waals surface area contributed by atoms with Crippen LogP contribution in [0.4, 0.5) is 0 Å². The van der Waals surface area contributed by atoms with Crippen LogP contribution in [0.2, 0.25) is 0 Å². The average molecular weight is 322 g/mol. The van der Waals surface area contributed by atoms with Gasteiger partial charge in [-0.05, 0) is 31.6 Å². The van der Waals surface area contributed by atoms with Crippen LogP contribution in [-0.2, 0) is 14.8 Å². The minimum atomic E-state index is -3.07. The van der Waals surface area contributed by atoms with Crippen molar-refractivity contribution >= 4 is 21.8 Å². The molecule has 4 nitrogen and oxygen atoms in total. The zero-order chi connectivity index (χ0) is 14.3. The summed E-state index contributed by atoms with van der Waals surface area (Å²) in [6, 6.07) is 0. The second-order valence-corrected chi connectivity index (χ2v) is 9.12. The second kappa shape index (κ2) is 8.61. The van der Waals surface area contributed by atoms with Crippen LogP contribution in [0.3, 0.4) is 0 Å². The van der Waals surface area contributed by atoms with E-state index in [1.807, 2.05) is 11.8 Å². The summed E-state index contributed by atoms with van der Waals surface area (Å²) in [6.45, 7) is 2.27. The molecule has 0 aromatic rings. The van der Waals surface area contributed by atoms with Crippen molar-refractivity contribution in [3.05, 3.63) is 0 Å². The van der Waals surface area contributed by atoms with Crippen LogP contribution in [0.1, 0.15) is 44.9 Å². The van der Waals surface area contributed by atoms with E-state index in [2.05, 4.69) is 4.72 Å². The van der Waals surface area contributed by atoms with Gasteiger partial charge >= 0.3 is 0 Å². The molecule has 1 N–H and O–H groups in total. The van der Waals surface area contributed by atoms with E-state index >= 15 is 0 Å². The Kier molecular flexibility index (Phi) is 7.14. The molecule has 0 spiro atoms. The lowest BCUT2D eigenvalue weighted by Crippen LogP contribution is -2.32. The van der Waals surface area contributed by atoms with Gasteiger partial charge in [0.25, 0.3) is 0 Å². The molecule has 0 bridgehead atoms. The lowest BCUT2D eigenvalue weighted by atomic mass is 9.91. The Morgan fingerprint density at radius 1 is 1.05 bits per heavy atom. The average Bonchev–Trinajstić information content (AvgIpc) is 2.45. The van der Waals surface area contributed by atoms with E-state index in [0.29, 0.717) is 23.5 Å². The van der Waals surface area contributed by atoms with E-state index < -0.39 is 10.0 Å². The quantitative estimate of drug-likeness (QED) is 0.732. The molecule has 0 aromatic heterocycles. The summed E-state index contributed by atoms with van der Waals surface area (Å²) >= 11 is 1.88. The molecule has 20 heavy (non-hydrogen) atoms. The van der Waals surface area contributed by atoms with Crippen LogP contribution in [-0.4, -0.2) is 44.9 Å². The maximum atomic E-state index is 12.0. The Morgan fingerprint density at radius 2 is 1.75 bits per heavy atom. The summed E-state index contributed by atoms with van der Waals surface area (Å²) < 4.78 is 32.1. The molecule has 1 aliphatic heterocycles. The summed E-state index contributed by atoms with van der Waals surface area (Å²) in [5, 5.41) is 0.645. The normalized spacial score (nSPS) is 23.0. The Labute approximate surface area is 127 Å². The lowest BCUT2D eigenvalue weighted by molar-refractivity contribution is 0.100. The van der Waals surface area contributed by atoms with Gasteiger partial charge in [0.05, 0.1) is 5.75 Å². The zero-order valence-corrected chi connectivity index (χ0v) is 13.8. The maximum absolute atomic E-state index is 12.0. The zero-order valence-electron chi connectivity index (χ0n) is 12.2. The van der Waals surface area contributed by atoms with Crippen molar-refractivity contribution in [1.29, 1.82) is 0 Å². The molecule has 1 aliphatic carbocycles. The predicted molar refractivity (Wildman–Crippen MR) is 84.7 cm³/mol. The molecule has 0 atom stereocenters. The Balaban J connectivity index is 1.59. The number of sulfonamides is 1. The van der Waals surface area contributed by atoms with Crippen molar-refractivity contribution < 1.29 is 13.2 Å². The molecular formula is C14H27NO3S2. The molecule has 1 heterocycles. The van der Waals surface area contributed by atoms with Crippen molar-refractivity contribution in [3.8, 4) is 0 Å². The first-order valence-electron chi connectivity index (χ1n) is 7.82. The van der Waals surface area contributed by atoms with Crippen molar-refractivity contribution in [2.24, 2.45) is 5.92 Å². The highest BCUT2D eigenvalue weighted by Crippen LogP contribution is 2.25. The Morgan fingerprint density at radius 3 is 2.45 bits per heavy atom. The van der Waals surface area contributed by atoms with Gasteiger partial charge in [-0.2, -0.15) is 11.8 Å². The molecule has 1 saturated heterocycles. The van der Waals surface area contributed by atoms with E-state index in [4.69, 9.17) is 4.74 Å². The third-order valence-electron chi connectivity index (χ3n) is 4.13. The Hall–Kier alpha value is 0.220. The standard InChI is InChI=1S/C14H27NO3S2/c16-20(17,12-13-4-2-1-3-5-13)15-8-11-19-14-6-9-18-10-7-14/h13-15H,1-12H2. The highest BCUT2D eigenvalue weighted by molar-refractivity contribution is 8.00. The minimum Gasteiger partial charge on any atom is -0.381 e. The van der Waals surface area contributed by atoms with E-state index in [1.54, 1.807) is 0 Å². The van der Waals surface area contributed by atoms with Crippen LogP contribution < -0.4 is 4.72 Å². The largest absolute Gasteiger partial charge is 0.381 e. The number of ether oxygens (including phenoxy) is 1. The van der Waals surface area contributed by atoms with Gasteiger partial charge in [-0.15, -0.1) is 0 Å². The first-order chi connectivity index (χ1) is 9.66. The fourth-order valence-corrected chi connectivity index (χ4v) is 5.68. The summed E-state index contributed by atoms with van der Waals surface area (Å²) in [4.78, 5) is 0. The van der Waals surface area contributed by atoms with Crippen LogP contribution in [0.5, 0.6) is 0 Å². The first-order valence-corrected chi connectivity index (χ1v) is 10.5. The van der Waals surface area contributed by atoms with Gasteiger partial charge in [0.2, 0.25) is 10.0 Å². The summed E-state index contributed by atoms with van der Waals surface area (Å²) in [5.74, 6) is 1.58. The number of nitrogens with one attached hydrogen (secondary N) is 1. The van der Waals surface area contributed by atoms with E-state index in [0.717, 1.165) is 44.6 Å². The number of hydrogen-bond acceptors (Lipinski definition) is 4. The van der Waals surface area contributed by atoms with Crippen molar-refractivity contribution in [1.82, 2.24) is 4.72 Å². The predicted octanol–water partition coefficient (Wildman–Crippen LogP) is 2.40. The molecular weight excluding hydrogens is 294 g/mol. The number of thioether (sulfide) groups is 1. The van der Waals surface area contributed by atoms with E-state index in [1.165, 1.54) is 19.3 Å². The van der Waals surface area contributed by atoms with Gasteiger partial charge in [-0.1, -0.05) is 19.3 Å². The summed E-state index contributed by atoms with van der Waals surface area (Å²) in [5.41, 5.74) is 0. The van der Waals surface area contributed by atoms with Crippen molar-refractivity contribution in [2.75, 3.05) is 31.3 Å². The van der Waals surface area contributed by atoms with Gasteiger partial charge < -0.3 is 4.74 Å². The summed E-state index contributed by atoms with van der Waals surface area (Å²) in [6.07, 6.45) is 8.01. The Bertz CT molecular complexity index is 361. The molecule has 2 aliphatic rings. The molecule has 0 radical (unpaired) electrons. The fraction of sp³-hybridized carbons (Fsp3) is 1.00. The van der Waals surface area contributed by atoms with Gasteiger partial charge in [0.1, 0.15) is 0 Å². The monoisotopic (exact) mass is 321 g/mol. The highest BCUT2D eigenvalue weighted by atomic mass is 32.2. The van der Waals surface area contributed by atoms with Gasteiger partial charge in [-0.25, -0.2) is 13.1 Å². The topological polar surface area (TPSA) is 55.4 Å². The van der Waals surface area contributed by atoms with Gasteiger partial charge in [0.15, 0.2) is 0 Å². The smallest absolute Gasteiger partial charge is 0.211 e. The molecule has 0 aromatic carbocycles. The van der Waals surface area contributed by atoms with Crippen molar-refractivity contribution in [3.63, 3.8) is 0 Å². The number of rotatable bonds is 7. The third-order valence-corrected chi connectivity index (χ3v) is 7.06. The van der Waals surface area contributed by atoms with Crippen LogP contribution in [0.15, 0.2) is 0 Å². The molecule has 1 saturated carbocycles. The van der Waals surface area contributed by atoms with Gasteiger partial charge in [0, 0.05) is 30.8 Å². The third kappa shape index (κ3) is 6.33. The summed E-state index contributed by atoms with van der Waals surface area (Å²) in [7, 11) is -3.07. The molecule has 2 fully saturated rings. The van der Waals surface area contributed by atoms with Crippen LogP contribution in [0, 0.1) is 5.92 Å². The number of hydrogen-bond donors (Lipinski definition) is 1. The van der Waals surface area contributed by atoms with Crippen LogP contribution in [0.25, 0.3) is 0 Å². The molecule has 0 unspecified atom stereocenters. The van der Waals surface area contributed by atoms with Crippen LogP contribution >= 0.6 is 11.8 Å². The highest BCUT2D eigenvalue weighted by Gasteiger charge is 2.21. The van der Waals surface area contributed by atoms with E-state index in [-0.39, 0.29) is 0 Å². The maximum Gasteiger partial charge on any atom is 0.211 e. The van der Waals surface area contributed by atoms with E-state index in [9.17, 15) is 8.42 Å². The minimum absolute atomic E-state index is 0.328. The molecule has 0 amide bonds. The molecule has 6 heteroatoms. The first kappa shape index (κ1) is 16.6. The second-order valence-electron chi connectivity index (χ2n) is 5.86. The van der Waals surface area contributed by atoms with Gasteiger partial charge in [-0.3, -0.25) is 0 Å². The van der Waals surface area contributed by atoms with Crippen molar-refractivity contribution in [2.45, 2.75) is 50.2 Å². The molecule has 118 valence electrons. The SMILES string of the molecule is O=S(=O)(CC1CCCCC1)NCCSC1CCOCC1. The fourth-order valence-electron chi connectivity index (χ4n) is 2.99. The lowest BCUT2D eigenvalue weighted by Gasteiger charge is -2.22.